The molecule has 1 amide bonds. The van der Waals surface area contributed by atoms with E-state index in [0.717, 1.165) is 35.5 Å². The van der Waals surface area contributed by atoms with Gasteiger partial charge < -0.3 is 15.1 Å². The number of carbonyl (C=O) groups is 2. The Morgan fingerprint density at radius 1 is 1.16 bits per heavy atom. The first-order valence-electron chi connectivity index (χ1n) is 10.7. The van der Waals surface area contributed by atoms with E-state index in [1.165, 1.54) is 6.07 Å². The van der Waals surface area contributed by atoms with E-state index in [-0.39, 0.29) is 24.3 Å². The zero-order valence-corrected chi connectivity index (χ0v) is 17.8. The summed E-state index contributed by atoms with van der Waals surface area (Å²) in [7, 11) is 0. The van der Waals surface area contributed by atoms with Crippen molar-refractivity contribution >= 4 is 23.2 Å². The Morgan fingerprint density at radius 2 is 1.97 bits per heavy atom. The molecule has 1 aromatic heterocycles. The summed E-state index contributed by atoms with van der Waals surface area (Å²) in [6.07, 6.45) is -1.80. The summed E-state index contributed by atoms with van der Waals surface area (Å²) < 4.78 is 38.2. The molecule has 1 aromatic carbocycles. The van der Waals surface area contributed by atoms with Crippen LogP contribution in [0.1, 0.15) is 30.0 Å². The first-order chi connectivity index (χ1) is 15.2. The number of amides is 1. The smallest absolute Gasteiger partial charge is 0.376 e. The summed E-state index contributed by atoms with van der Waals surface area (Å²) in [5.41, 5.74) is 2.28. The molecule has 0 radical (unpaired) electrons. The Bertz CT molecular complexity index is 1010. The van der Waals surface area contributed by atoms with Crippen molar-refractivity contribution in [1.82, 2.24) is 9.88 Å². The van der Waals surface area contributed by atoms with Gasteiger partial charge in [0.2, 0.25) is 5.91 Å². The van der Waals surface area contributed by atoms with Gasteiger partial charge in [0.15, 0.2) is 0 Å². The first-order valence-corrected chi connectivity index (χ1v) is 10.7. The van der Waals surface area contributed by atoms with Gasteiger partial charge in [0.25, 0.3) is 0 Å². The van der Waals surface area contributed by atoms with Crippen molar-refractivity contribution in [2.45, 2.75) is 38.4 Å². The summed E-state index contributed by atoms with van der Waals surface area (Å²) in [6, 6.07) is 8.14. The number of Topliss-reactive ketones (excluding diaryl/α,β-unsaturated/α-hetero) is 1. The molecule has 6 nitrogen and oxygen atoms in total. The van der Waals surface area contributed by atoms with Crippen LogP contribution in [0.5, 0.6) is 0 Å². The lowest BCUT2D eigenvalue weighted by Gasteiger charge is -2.40. The maximum absolute atomic E-state index is 12.8. The SMILES string of the molecule is C[C@@H]1CN(c2ccc(C(F)(F)F)cn2)CCN1C(=O)CNc1ccc2c(c1)CCC(=O)C2. The second kappa shape index (κ2) is 8.80. The number of anilines is 2. The second-order valence-corrected chi connectivity index (χ2v) is 8.34. The van der Waals surface area contributed by atoms with Gasteiger partial charge in [-0.3, -0.25) is 9.59 Å². The third kappa shape index (κ3) is 4.87. The van der Waals surface area contributed by atoms with Crippen molar-refractivity contribution in [3.8, 4) is 0 Å². The van der Waals surface area contributed by atoms with Gasteiger partial charge in [-0.05, 0) is 48.7 Å². The largest absolute Gasteiger partial charge is 0.417 e. The Hall–Kier alpha value is -3.10. The van der Waals surface area contributed by atoms with Crippen LogP contribution in [0.3, 0.4) is 0 Å². The number of benzene rings is 1. The predicted molar refractivity (Wildman–Crippen MR) is 115 cm³/mol. The Balaban J connectivity index is 1.32. The molecular formula is C23H25F3N4O2. The fourth-order valence-electron chi connectivity index (χ4n) is 4.27. The lowest BCUT2D eigenvalue weighted by atomic mass is 9.90. The highest BCUT2D eigenvalue weighted by atomic mass is 19.4. The molecule has 2 heterocycles. The van der Waals surface area contributed by atoms with Crippen LogP contribution in [0.2, 0.25) is 0 Å². The molecule has 9 heteroatoms. The number of halogens is 3. The number of hydrogen-bond acceptors (Lipinski definition) is 5. The minimum Gasteiger partial charge on any atom is -0.376 e. The molecule has 2 aliphatic rings. The number of rotatable bonds is 4. The maximum Gasteiger partial charge on any atom is 0.417 e. The van der Waals surface area contributed by atoms with E-state index in [4.69, 9.17) is 0 Å². The second-order valence-electron chi connectivity index (χ2n) is 8.34. The van der Waals surface area contributed by atoms with E-state index in [0.29, 0.717) is 38.3 Å². The van der Waals surface area contributed by atoms with Gasteiger partial charge in [-0.2, -0.15) is 13.2 Å². The summed E-state index contributed by atoms with van der Waals surface area (Å²) in [5.74, 6) is 0.695. The van der Waals surface area contributed by atoms with Crippen LogP contribution >= 0.6 is 0 Å². The van der Waals surface area contributed by atoms with Crippen LogP contribution in [0.25, 0.3) is 0 Å². The van der Waals surface area contributed by atoms with Gasteiger partial charge in [-0.1, -0.05) is 6.07 Å². The molecule has 32 heavy (non-hydrogen) atoms. The normalized spacial score (nSPS) is 19.0. The molecule has 1 atom stereocenters. The number of carbonyl (C=O) groups excluding carboxylic acids is 2. The topological polar surface area (TPSA) is 65.5 Å². The van der Waals surface area contributed by atoms with E-state index in [1.807, 2.05) is 30.0 Å². The quantitative estimate of drug-likeness (QED) is 0.781. The van der Waals surface area contributed by atoms with Gasteiger partial charge in [0.1, 0.15) is 11.6 Å². The number of nitrogens with one attached hydrogen (secondary N) is 1. The monoisotopic (exact) mass is 446 g/mol. The number of piperazine rings is 1. The standard InChI is InChI=1S/C23H25F3N4O2/c1-15-14-29(21-7-4-18(12-28-21)23(24,25)26)8-9-30(15)22(32)13-27-19-5-2-17-11-20(31)6-3-16(17)10-19/h2,4-5,7,10,12,15,27H,3,6,8-9,11,13-14H2,1H3/t15-/m1/s1. The summed E-state index contributed by atoms with van der Waals surface area (Å²) >= 11 is 0. The number of aromatic nitrogens is 1. The van der Waals surface area contributed by atoms with Gasteiger partial charge in [0.05, 0.1) is 12.1 Å². The van der Waals surface area contributed by atoms with Crippen LogP contribution in [0, 0.1) is 0 Å². The van der Waals surface area contributed by atoms with Crippen LogP contribution in [-0.2, 0) is 28.6 Å². The minimum absolute atomic E-state index is 0.0366. The molecule has 1 aliphatic heterocycles. The Kier molecular flexibility index (Phi) is 6.08. The van der Waals surface area contributed by atoms with Gasteiger partial charge >= 0.3 is 6.18 Å². The minimum atomic E-state index is -4.41. The molecule has 1 aliphatic carbocycles. The molecule has 4 rings (SSSR count). The van der Waals surface area contributed by atoms with Crippen molar-refractivity contribution in [1.29, 1.82) is 0 Å². The molecule has 170 valence electrons. The van der Waals surface area contributed by atoms with Crippen LogP contribution in [0.4, 0.5) is 24.7 Å². The van der Waals surface area contributed by atoms with Gasteiger partial charge in [-0.15, -0.1) is 0 Å². The predicted octanol–water partition coefficient (Wildman–Crippen LogP) is 3.31. The molecule has 2 aromatic rings. The molecule has 0 unspecified atom stereocenters. The van der Waals surface area contributed by atoms with E-state index in [2.05, 4.69) is 10.3 Å². The molecule has 0 bridgehead atoms. The van der Waals surface area contributed by atoms with Crippen molar-refractivity contribution < 1.29 is 22.8 Å². The lowest BCUT2D eigenvalue weighted by molar-refractivity contribution is -0.138. The van der Waals surface area contributed by atoms with Crippen LogP contribution < -0.4 is 10.2 Å². The van der Waals surface area contributed by atoms with Crippen molar-refractivity contribution in [3.05, 3.63) is 53.2 Å². The molecule has 1 saturated heterocycles. The number of nitrogens with zero attached hydrogens (tertiary/aromatic N) is 3. The molecule has 0 spiro atoms. The average molecular weight is 446 g/mol. The number of pyridine rings is 1. The van der Waals surface area contributed by atoms with Gasteiger partial charge in [-0.25, -0.2) is 4.98 Å². The zero-order valence-electron chi connectivity index (χ0n) is 17.8. The van der Waals surface area contributed by atoms with Crippen molar-refractivity contribution in [3.63, 3.8) is 0 Å². The highest BCUT2D eigenvalue weighted by molar-refractivity contribution is 5.84. The van der Waals surface area contributed by atoms with E-state index < -0.39 is 11.7 Å². The van der Waals surface area contributed by atoms with Crippen molar-refractivity contribution in [2.24, 2.45) is 0 Å². The number of fused-ring (bicyclic) bond motifs is 1. The fourth-order valence-corrected chi connectivity index (χ4v) is 4.27. The van der Waals surface area contributed by atoms with Crippen LogP contribution in [-0.4, -0.2) is 53.8 Å². The molecule has 0 saturated carbocycles. The highest BCUT2D eigenvalue weighted by Gasteiger charge is 2.32. The van der Waals surface area contributed by atoms with E-state index >= 15 is 0 Å². The van der Waals surface area contributed by atoms with E-state index in [9.17, 15) is 22.8 Å². The Morgan fingerprint density at radius 3 is 2.66 bits per heavy atom. The van der Waals surface area contributed by atoms with E-state index in [1.54, 1.807) is 4.90 Å². The van der Waals surface area contributed by atoms with Gasteiger partial charge in [0, 0.05) is 50.4 Å². The highest BCUT2D eigenvalue weighted by Crippen LogP contribution is 2.30. The number of hydrogen-bond donors (Lipinski definition) is 1. The number of ketones is 1. The first kappa shape index (κ1) is 22.1. The Labute approximate surface area is 184 Å². The third-order valence-electron chi connectivity index (χ3n) is 6.06. The number of aryl methyl sites for hydroxylation is 1. The average Bonchev–Trinajstić information content (AvgIpc) is 2.77. The summed E-state index contributed by atoms with van der Waals surface area (Å²) in [6.45, 7) is 3.54. The molecule has 1 N–H and O–H groups in total. The van der Waals surface area contributed by atoms with Crippen LogP contribution in [0.15, 0.2) is 36.5 Å². The fraction of sp³-hybridized carbons (Fsp3) is 0.435. The summed E-state index contributed by atoms with van der Waals surface area (Å²) in [5, 5.41) is 3.18. The maximum atomic E-state index is 12.8. The third-order valence-corrected chi connectivity index (χ3v) is 6.06. The van der Waals surface area contributed by atoms with Crippen molar-refractivity contribution in [2.75, 3.05) is 36.4 Å². The zero-order chi connectivity index (χ0) is 22.9. The summed E-state index contributed by atoms with van der Waals surface area (Å²) in [4.78, 5) is 32.0. The lowest BCUT2D eigenvalue weighted by Crippen LogP contribution is -2.55. The molecule has 1 fully saturated rings. The number of alkyl halides is 3. The molecular weight excluding hydrogens is 421 g/mol.